The first kappa shape index (κ1) is 41.1. The van der Waals surface area contributed by atoms with Gasteiger partial charge >= 0.3 is 11.9 Å². The van der Waals surface area contributed by atoms with Crippen molar-refractivity contribution in [3.05, 3.63) is 12.2 Å². The van der Waals surface area contributed by atoms with Gasteiger partial charge in [0.2, 0.25) is 0 Å². The second-order valence-electron chi connectivity index (χ2n) is 13.4. The summed E-state index contributed by atoms with van der Waals surface area (Å²) in [4.78, 5) is 34.8. The molecule has 0 rings (SSSR count). The number of hydrogen-bond donors (Lipinski definition) is 2. The lowest BCUT2D eigenvalue weighted by Gasteiger charge is -2.43. The van der Waals surface area contributed by atoms with Crippen molar-refractivity contribution >= 4 is 17.9 Å². The molecule has 7 heteroatoms. The fraction of sp³-hybridized carbons (Fsp3) is 0.861. The number of carbonyl (C=O) groups excluding carboxylic acids is 1. The number of quaternary nitrogens is 1. The first-order chi connectivity index (χ1) is 20.5. The summed E-state index contributed by atoms with van der Waals surface area (Å²) in [6.07, 6.45) is 29.9. The Bertz CT molecular complexity index is 697. The second kappa shape index (κ2) is 26.5. The van der Waals surface area contributed by atoms with Gasteiger partial charge < -0.3 is 24.6 Å². The number of hydrogen-bond acceptors (Lipinski definition) is 4. The molecule has 0 saturated heterocycles. The topological polar surface area (TPSA) is 115 Å². The maximum absolute atomic E-state index is 11.6. The number of carboxylic acid groups (broad SMARTS) is 3. The maximum Gasteiger partial charge on any atom is 0.311 e. The SMILES string of the molecule is CCC/C=C/CCCCCCCCCCCCCCCCCCC[N+](CC(C)C(=O)[O-])(CC(C)C(=O)O)CC(C)C(=O)O. The van der Waals surface area contributed by atoms with E-state index in [1.54, 1.807) is 20.8 Å². The highest BCUT2D eigenvalue weighted by Crippen LogP contribution is 2.22. The van der Waals surface area contributed by atoms with Crippen LogP contribution in [0.3, 0.4) is 0 Å². The van der Waals surface area contributed by atoms with Crippen molar-refractivity contribution in [2.24, 2.45) is 17.8 Å². The van der Waals surface area contributed by atoms with Gasteiger partial charge in [0.15, 0.2) is 0 Å². The molecule has 3 unspecified atom stereocenters. The molecule has 0 heterocycles. The van der Waals surface area contributed by atoms with Gasteiger partial charge in [0.25, 0.3) is 0 Å². The lowest BCUT2D eigenvalue weighted by molar-refractivity contribution is -0.934. The van der Waals surface area contributed by atoms with Crippen molar-refractivity contribution in [2.75, 3.05) is 26.2 Å². The Labute approximate surface area is 264 Å². The molecular formula is C36H67NO6. The predicted molar refractivity (Wildman–Crippen MR) is 175 cm³/mol. The highest BCUT2D eigenvalue weighted by atomic mass is 16.4. The third kappa shape index (κ3) is 23.2. The van der Waals surface area contributed by atoms with Gasteiger partial charge in [-0.1, -0.05) is 122 Å². The molecule has 0 aromatic carbocycles. The molecule has 7 nitrogen and oxygen atoms in total. The molecule has 3 atom stereocenters. The number of carboxylic acids is 3. The van der Waals surface area contributed by atoms with Gasteiger partial charge in [-0.2, -0.15) is 0 Å². The van der Waals surface area contributed by atoms with Crippen LogP contribution in [0, 0.1) is 17.8 Å². The van der Waals surface area contributed by atoms with Gasteiger partial charge in [-0.05, 0) is 46.0 Å². The Hall–Kier alpha value is -1.89. The highest BCUT2D eigenvalue weighted by Gasteiger charge is 2.36. The van der Waals surface area contributed by atoms with Crippen LogP contribution in [0.1, 0.15) is 156 Å². The Balaban J connectivity index is 4.11. The Morgan fingerprint density at radius 1 is 0.558 bits per heavy atom. The Morgan fingerprint density at radius 3 is 1.23 bits per heavy atom. The van der Waals surface area contributed by atoms with E-state index in [2.05, 4.69) is 19.1 Å². The van der Waals surface area contributed by atoms with Crippen LogP contribution in [0.5, 0.6) is 0 Å². The summed E-state index contributed by atoms with van der Waals surface area (Å²) in [5, 5.41) is 30.6. The quantitative estimate of drug-likeness (QED) is 0.0467. The predicted octanol–water partition coefficient (Wildman–Crippen LogP) is 8.01. The van der Waals surface area contributed by atoms with Crippen LogP contribution >= 0.6 is 0 Å². The second-order valence-corrected chi connectivity index (χ2v) is 13.4. The summed E-state index contributed by atoms with van der Waals surface area (Å²) >= 11 is 0. The van der Waals surface area contributed by atoms with E-state index >= 15 is 0 Å². The average Bonchev–Trinajstić information content (AvgIpc) is 2.95. The van der Waals surface area contributed by atoms with Crippen LogP contribution in [-0.4, -0.2) is 58.8 Å². The highest BCUT2D eigenvalue weighted by molar-refractivity contribution is 5.70. The Kier molecular flexibility index (Phi) is 25.3. The van der Waals surface area contributed by atoms with Gasteiger partial charge in [0.1, 0.15) is 11.8 Å². The molecule has 0 aliphatic carbocycles. The zero-order valence-electron chi connectivity index (χ0n) is 28.3. The fourth-order valence-electron chi connectivity index (χ4n) is 6.23. The van der Waals surface area contributed by atoms with Gasteiger partial charge in [-0.3, -0.25) is 9.59 Å². The smallest absolute Gasteiger partial charge is 0.311 e. The van der Waals surface area contributed by atoms with Crippen molar-refractivity contribution in [1.82, 2.24) is 0 Å². The Morgan fingerprint density at radius 2 is 0.884 bits per heavy atom. The summed E-state index contributed by atoms with van der Waals surface area (Å²) in [5.74, 6) is -5.22. The summed E-state index contributed by atoms with van der Waals surface area (Å²) in [6, 6.07) is 0. The van der Waals surface area contributed by atoms with E-state index in [0.717, 1.165) is 19.3 Å². The van der Waals surface area contributed by atoms with E-state index < -0.39 is 35.7 Å². The van der Waals surface area contributed by atoms with Crippen molar-refractivity contribution in [3.63, 3.8) is 0 Å². The van der Waals surface area contributed by atoms with E-state index in [4.69, 9.17) is 0 Å². The number of carbonyl (C=O) groups is 3. The first-order valence-corrected chi connectivity index (χ1v) is 17.7. The molecule has 0 saturated carbocycles. The normalized spacial score (nSPS) is 15.3. The molecule has 0 aromatic rings. The van der Waals surface area contributed by atoms with Crippen LogP contribution in [0.15, 0.2) is 12.2 Å². The van der Waals surface area contributed by atoms with Gasteiger partial charge in [-0.25, -0.2) is 0 Å². The van der Waals surface area contributed by atoms with E-state index in [9.17, 15) is 29.7 Å². The third-order valence-corrected chi connectivity index (χ3v) is 8.85. The van der Waals surface area contributed by atoms with Crippen molar-refractivity contribution in [2.45, 2.75) is 156 Å². The zero-order valence-corrected chi connectivity index (χ0v) is 28.3. The summed E-state index contributed by atoms with van der Waals surface area (Å²) < 4.78 is 0.188. The average molecular weight is 610 g/mol. The van der Waals surface area contributed by atoms with Crippen molar-refractivity contribution < 1.29 is 34.2 Å². The minimum Gasteiger partial charge on any atom is -0.550 e. The van der Waals surface area contributed by atoms with Crippen LogP contribution in [0.4, 0.5) is 0 Å². The molecule has 0 radical (unpaired) electrons. The molecule has 2 N–H and O–H groups in total. The molecular weight excluding hydrogens is 542 g/mol. The zero-order chi connectivity index (χ0) is 32.3. The van der Waals surface area contributed by atoms with E-state index in [1.807, 2.05) is 0 Å². The summed E-state index contributed by atoms with van der Waals surface area (Å²) in [5.41, 5.74) is 0. The first-order valence-electron chi connectivity index (χ1n) is 17.7. The number of allylic oxidation sites excluding steroid dienone is 2. The molecule has 43 heavy (non-hydrogen) atoms. The van der Waals surface area contributed by atoms with Crippen molar-refractivity contribution in [3.8, 4) is 0 Å². The van der Waals surface area contributed by atoms with E-state index in [1.165, 1.54) is 109 Å². The molecule has 0 aliphatic rings. The van der Waals surface area contributed by atoms with Crippen molar-refractivity contribution in [1.29, 1.82) is 0 Å². The molecule has 0 aliphatic heterocycles. The van der Waals surface area contributed by atoms with Crippen LogP contribution in [0.25, 0.3) is 0 Å². The minimum absolute atomic E-state index is 0.188. The van der Waals surface area contributed by atoms with Crippen LogP contribution in [-0.2, 0) is 14.4 Å². The lowest BCUT2D eigenvalue weighted by atomic mass is 10.00. The number of unbranched alkanes of at least 4 members (excludes halogenated alkanes) is 18. The fourth-order valence-corrected chi connectivity index (χ4v) is 6.23. The number of nitrogens with zero attached hydrogens (tertiary/aromatic N) is 1. The van der Waals surface area contributed by atoms with E-state index in [-0.39, 0.29) is 24.1 Å². The maximum atomic E-state index is 11.6. The third-order valence-electron chi connectivity index (χ3n) is 8.85. The monoisotopic (exact) mass is 609 g/mol. The molecule has 0 fully saturated rings. The molecule has 0 amide bonds. The van der Waals surface area contributed by atoms with Crippen LogP contribution in [0.2, 0.25) is 0 Å². The summed E-state index contributed by atoms with van der Waals surface area (Å²) in [7, 11) is 0. The molecule has 0 aromatic heterocycles. The number of aliphatic carboxylic acids is 3. The number of rotatable bonds is 31. The van der Waals surface area contributed by atoms with E-state index in [0.29, 0.717) is 6.54 Å². The standard InChI is InChI=1S/C36H67NO6/c1-5-6-7-8-9-10-11-12-13-14-15-16-17-18-19-20-21-22-23-24-25-26-27-37(28-31(2)34(38)39,29-32(3)35(40)41)30-33(4)36(42)43/h7-8,31-33H,5-6,9-30H2,1-4H3,(H2-,38,39,40,41,42,43)/b8-7+. The van der Waals surface area contributed by atoms with Gasteiger partial charge in [-0.15, -0.1) is 0 Å². The molecule has 0 bridgehead atoms. The lowest BCUT2D eigenvalue weighted by Crippen LogP contribution is -2.58. The van der Waals surface area contributed by atoms with Gasteiger partial charge in [0, 0.05) is 11.9 Å². The molecule has 252 valence electrons. The van der Waals surface area contributed by atoms with Gasteiger partial charge in [0.05, 0.1) is 26.2 Å². The largest absolute Gasteiger partial charge is 0.550 e. The summed E-state index contributed by atoms with van der Waals surface area (Å²) in [6.45, 7) is 8.24. The molecule has 0 spiro atoms. The minimum atomic E-state index is -1.18. The van der Waals surface area contributed by atoms with Crippen LogP contribution < -0.4 is 5.11 Å².